The molecule has 0 aliphatic rings. The summed E-state index contributed by atoms with van der Waals surface area (Å²) in [5.74, 6) is -0.323. The zero-order valence-electron chi connectivity index (χ0n) is 10.3. The van der Waals surface area contributed by atoms with Crippen LogP contribution in [-0.2, 0) is 9.53 Å². The van der Waals surface area contributed by atoms with Gasteiger partial charge >= 0.3 is 0 Å². The second-order valence-corrected chi connectivity index (χ2v) is 4.36. The highest BCUT2D eigenvalue weighted by Gasteiger charge is 2.30. The molecular formula is C11H24N2O2. The van der Waals surface area contributed by atoms with Gasteiger partial charge in [0.05, 0.1) is 5.54 Å². The third-order valence-corrected chi connectivity index (χ3v) is 2.25. The van der Waals surface area contributed by atoms with E-state index in [0.717, 1.165) is 13.0 Å². The van der Waals surface area contributed by atoms with Gasteiger partial charge in [-0.1, -0.05) is 6.92 Å². The summed E-state index contributed by atoms with van der Waals surface area (Å²) in [5, 5.41) is 3.18. The highest BCUT2D eigenvalue weighted by molar-refractivity contribution is 5.84. The lowest BCUT2D eigenvalue weighted by Crippen LogP contribution is -2.56. The fourth-order valence-electron chi connectivity index (χ4n) is 1.43. The first kappa shape index (κ1) is 14.4. The predicted octanol–water partition coefficient (Wildman–Crippen LogP) is 1.05. The molecule has 0 aromatic heterocycles. The molecule has 1 amide bonds. The number of primary amides is 1. The van der Waals surface area contributed by atoms with Crippen LogP contribution in [-0.4, -0.2) is 30.7 Å². The fraction of sp³-hybridized carbons (Fsp3) is 0.909. The number of amides is 1. The third kappa shape index (κ3) is 5.74. The summed E-state index contributed by atoms with van der Waals surface area (Å²) in [6.45, 7) is 9.16. The fourth-order valence-corrected chi connectivity index (χ4v) is 1.43. The molecular weight excluding hydrogens is 192 g/mol. The van der Waals surface area contributed by atoms with Gasteiger partial charge in [-0.3, -0.25) is 4.79 Å². The van der Waals surface area contributed by atoms with E-state index in [1.54, 1.807) is 0 Å². The normalized spacial score (nSPS) is 15.3. The maximum absolute atomic E-state index is 11.3. The van der Waals surface area contributed by atoms with Crippen molar-refractivity contribution in [3.8, 4) is 0 Å². The molecule has 0 spiro atoms. The highest BCUT2D eigenvalue weighted by atomic mass is 16.5. The van der Waals surface area contributed by atoms with Gasteiger partial charge in [-0.05, 0) is 33.6 Å². The maximum atomic E-state index is 11.3. The Labute approximate surface area is 92.6 Å². The second kappa shape index (κ2) is 6.80. The van der Waals surface area contributed by atoms with Crippen LogP contribution in [0.5, 0.6) is 0 Å². The van der Waals surface area contributed by atoms with Crippen molar-refractivity contribution in [2.24, 2.45) is 5.73 Å². The molecule has 0 aromatic carbocycles. The number of carbonyl (C=O) groups is 1. The second-order valence-electron chi connectivity index (χ2n) is 4.36. The topological polar surface area (TPSA) is 64.3 Å². The SMILES string of the molecule is CCCOCCC(C)(NC(C)C)C(N)=O. The molecule has 3 N–H and O–H groups in total. The third-order valence-electron chi connectivity index (χ3n) is 2.25. The Bertz CT molecular complexity index is 195. The minimum atomic E-state index is -0.665. The molecule has 4 nitrogen and oxygen atoms in total. The Morgan fingerprint density at radius 3 is 2.47 bits per heavy atom. The summed E-state index contributed by atoms with van der Waals surface area (Å²) in [5.41, 5.74) is 4.71. The molecule has 90 valence electrons. The number of hydrogen-bond donors (Lipinski definition) is 2. The molecule has 0 radical (unpaired) electrons. The van der Waals surface area contributed by atoms with Crippen molar-refractivity contribution < 1.29 is 9.53 Å². The summed E-state index contributed by atoms with van der Waals surface area (Å²) in [7, 11) is 0. The molecule has 0 bridgehead atoms. The molecule has 0 aromatic rings. The summed E-state index contributed by atoms with van der Waals surface area (Å²) >= 11 is 0. The number of hydrogen-bond acceptors (Lipinski definition) is 3. The number of carbonyl (C=O) groups excluding carboxylic acids is 1. The van der Waals surface area contributed by atoms with Crippen LogP contribution < -0.4 is 11.1 Å². The zero-order chi connectivity index (χ0) is 11.9. The number of nitrogens with two attached hydrogens (primary N) is 1. The van der Waals surface area contributed by atoms with Crippen molar-refractivity contribution in [3.63, 3.8) is 0 Å². The van der Waals surface area contributed by atoms with Crippen LogP contribution in [0.4, 0.5) is 0 Å². The molecule has 1 unspecified atom stereocenters. The van der Waals surface area contributed by atoms with Crippen molar-refractivity contribution in [1.82, 2.24) is 5.32 Å². The molecule has 0 fully saturated rings. The average Bonchev–Trinajstić information content (AvgIpc) is 2.11. The summed E-state index contributed by atoms with van der Waals surface area (Å²) in [6, 6.07) is 0.230. The van der Waals surface area contributed by atoms with Crippen LogP contribution in [0.25, 0.3) is 0 Å². The van der Waals surface area contributed by atoms with Crippen LogP contribution in [0.3, 0.4) is 0 Å². The smallest absolute Gasteiger partial charge is 0.237 e. The van der Waals surface area contributed by atoms with Crippen molar-refractivity contribution in [2.45, 2.75) is 52.1 Å². The minimum Gasteiger partial charge on any atom is -0.381 e. The Morgan fingerprint density at radius 2 is 2.07 bits per heavy atom. The number of ether oxygens (including phenoxy) is 1. The van der Waals surface area contributed by atoms with E-state index in [9.17, 15) is 4.79 Å². The molecule has 15 heavy (non-hydrogen) atoms. The van der Waals surface area contributed by atoms with E-state index in [0.29, 0.717) is 13.0 Å². The summed E-state index contributed by atoms with van der Waals surface area (Å²) < 4.78 is 5.36. The monoisotopic (exact) mass is 216 g/mol. The molecule has 4 heteroatoms. The van der Waals surface area contributed by atoms with Crippen LogP contribution >= 0.6 is 0 Å². The van der Waals surface area contributed by atoms with E-state index >= 15 is 0 Å². The molecule has 0 rings (SSSR count). The van der Waals surface area contributed by atoms with Gasteiger partial charge < -0.3 is 15.8 Å². The van der Waals surface area contributed by atoms with E-state index < -0.39 is 5.54 Å². The largest absolute Gasteiger partial charge is 0.381 e. The lowest BCUT2D eigenvalue weighted by Gasteiger charge is -2.29. The Morgan fingerprint density at radius 1 is 1.47 bits per heavy atom. The van der Waals surface area contributed by atoms with Gasteiger partial charge in [0.1, 0.15) is 0 Å². The van der Waals surface area contributed by atoms with Gasteiger partial charge in [0.2, 0.25) is 5.91 Å². The molecule has 0 heterocycles. The zero-order valence-corrected chi connectivity index (χ0v) is 10.3. The number of nitrogens with one attached hydrogen (secondary N) is 1. The van der Waals surface area contributed by atoms with Crippen LogP contribution in [0.15, 0.2) is 0 Å². The quantitative estimate of drug-likeness (QED) is 0.596. The Hall–Kier alpha value is -0.610. The predicted molar refractivity (Wildman–Crippen MR) is 61.6 cm³/mol. The standard InChI is InChI=1S/C11H24N2O2/c1-5-7-15-8-6-11(4,10(12)14)13-9(2)3/h9,13H,5-8H2,1-4H3,(H2,12,14). The van der Waals surface area contributed by atoms with E-state index in [2.05, 4.69) is 12.2 Å². The van der Waals surface area contributed by atoms with E-state index in [1.807, 2.05) is 20.8 Å². The molecule has 0 aliphatic carbocycles. The first-order valence-corrected chi connectivity index (χ1v) is 5.57. The minimum absolute atomic E-state index is 0.230. The van der Waals surface area contributed by atoms with Crippen molar-refractivity contribution in [3.05, 3.63) is 0 Å². The van der Waals surface area contributed by atoms with Crippen LogP contribution in [0.1, 0.15) is 40.5 Å². The van der Waals surface area contributed by atoms with Gasteiger partial charge in [-0.25, -0.2) is 0 Å². The first-order chi connectivity index (χ1) is 6.92. The van der Waals surface area contributed by atoms with Gasteiger partial charge in [0, 0.05) is 19.3 Å². The van der Waals surface area contributed by atoms with E-state index in [4.69, 9.17) is 10.5 Å². The Balaban J connectivity index is 4.08. The van der Waals surface area contributed by atoms with Gasteiger partial charge in [0.15, 0.2) is 0 Å². The Kier molecular flexibility index (Phi) is 6.52. The molecule has 0 aliphatic heterocycles. The lowest BCUT2D eigenvalue weighted by atomic mass is 9.96. The number of rotatable bonds is 8. The van der Waals surface area contributed by atoms with Crippen molar-refractivity contribution >= 4 is 5.91 Å². The molecule has 1 atom stereocenters. The van der Waals surface area contributed by atoms with Gasteiger partial charge in [0.25, 0.3) is 0 Å². The van der Waals surface area contributed by atoms with Gasteiger partial charge in [-0.15, -0.1) is 0 Å². The van der Waals surface area contributed by atoms with Crippen molar-refractivity contribution in [1.29, 1.82) is 0 Å². The molecule has 0 saturated heterocycles. The van der Waals surface area contributed by atoms with Crippen LogP contribution in [0.2, 0.25) is 0 Å². The van der Waals surface area contributed by atoms with E-state index in [1.165, 1.54) is 0 Å². The maximum Gasteiger partial charge on any atom is 0.237 e. The first-order valence-electron chi connectivity index (χ1n) is 5.57. The summed E-state index contributed by atoms with van der Waals surface area (Å²) in [6.07, 6.45) is 1.60. The lowest BCUT2D eigenvalue weighted by molar-refractivity contribution is -0.124. The van der Waals surface area contributed by atoms with Crippen molar-refractivity contribution in [2.75, 3.05) is 13.2 Å². The average molecular weight is 216 g/mol. The van der Waals surface area contributed by atoms with Crippen LogP contribution in [0, 0.1) is 0 Å². The summed E-state index contributed by atoms with van der Waals surface area (Å²) in [4.78, 5) is 11.3. The molecule has 0 saturated carbocycles. The van der Waals surface area contributed by atoms with E-state index in [-0.39, 0.29) is 11.9 Å². The van der Waals surface area contributed by atoms with Gasteiger partial charge in [-0.2, -0.15) is 0 Å². The highest BCUT2D eigenvalue weighted by Crippen LogP contribution is 2.10.